The first-order chi connectivity index (χ1) is 9.61. The van der Waals surface area contributed by atoms with E-state index in [0.717, 1.165) is 5.56 Å². The molecule has 20 heavy (non-hydrogen) atoms. The molecule has 0 bridgehead atoms. The maximum Gasteiger partial charge on any atom is 0.338 e. The van der Waals surface area contributed by atoms with Crippen molar-refractivity contribution >= 4 is 29.5 Å². The van der Waals surface area contributed by atoms with Gasteiger partial charge in [0.1, 0.15) is 11.4 Å². The van der Waals surface area contributed by atoms with Crippen molar-refractivity contribution in [3.05, 3.63) is 58.6 Å². The fourth-order valence-electron chi connectivity index (χ4n) is 1.68. The predicted octanol–water partition coefficient (Wildman–Crippen LogP) is 3.80. The summed E-state index contributed by atoms with van der Waals surface area (Å²) in [6.45, 7) is 0. The normalized spacial score (nSPS) is 10.7. The Bertz CT molecular complexity index is 651. The summed E-state index contributed by atoms with van der Waals surface area (Å²) in [5.74, 6) is -0.637. The largest absolute Gasteiger partial charge is 0.494 e. The van der Waals surface area contributed by atoms with E-state index in [0.29, 0.717) is 10.8 Å². The van der Waals surface area contributed by atoms with Gasteiger partial charge in [0.15, 0.2) is 0 Å². The molecule has 5 heteroatoms. The number of aliphatic imine (C=N–C) groups is 1. The lowest BCUT2D eigenvalue weighted by molar-refractivity contribution is 0.0697. The van der Waals surface area contributed by atoms with Crippen molar-refractivity contribution in [1.82, 2.24) is 0 Å². The second-order valence-electron chi connectivity index (χ2n) is 3.97. The van der Waals surface area contributed by atoms with Gasteiger partial charge in [0, 0.05) is 11.2 Å². The summed E-state index contributed by atoms with van der Waals surface area (Å²) in [4.78, 5) is 15.4. The van der Waals surface area contributed by atoms with Gasteiger partial charge < -0.3 is 9.84 Å². The first kappa shape index (κ1) is 14.1. The lowest BCUT2D eigenvalue weighted by Gasteiger charge is -2.06. The van der Waals surface area contributed by atoms with E-state index in [1.54, 1.807) is 42.6 Å². The van der Waals surface area contributed by atoms with Gasteiger partial charge in [-0.15, -0.1) is 0 Å². The number of rotatable bonds is 4. The van der Waals surface area contributed by atoms with Crippen LogP contribution in [0.1, 0.15) is 15.9 Å². The minimum atomic E-state index is -1.05. The summed E-state index contributed by atoms with van der Waals surface area (Å²) in [6.07, 6.45) is 1.57. The SMILES string of the molecule is COc1cccc(C(=O)O)c1N=Cc1ccc(Cl)cc1. The molecule has 0 radical (unpaired) electrons. The molecule has 0 heterocycles. The van der Waals surface area contributed by atoms with Gasteiger partial charge in [-0.25, -0.2) is 4.79 Å². The van der Waals surface area contributed by atoms with Crippen molar-refractivity contribution in [3.63, 3.8) is 0 Å². The average Bonchev–Trinajstić information content (AvgIpc) is 2.46. The molecule has 0 unspecified atom stereocenters. The lowest BCUT2D eigenvalue weighted by Crippen LogP contribution is -1.98. The van der Waals surface area contributed by atoms with Crippen LogP contribution in [0.5, 0.6) is 5.75 Å². The Balaban J connectivity index is 2.41. The van der Waals surface area contributed by atoms with Crippen LogP contribution in [0.3, 0.4) is 0 Å². The molecule has 0 spiro atoms. The van der Waals surface area contributed by atoms with Gasteiger partial charge >= 0.3 is 5.97 Å². The van der Waals surface area contributed by atoms with Crippen molar-refractivity contribution in [1.29, 1.82) is 0 Å². The van der Waals surface area contributed by atoms with Crippen LogP contribution in [-0.4, -0.2) is 24.4 Å². The summed E-state index contributed by atoms with van der Waals surface area (Å²) in [5.41, 5.74) is 1.20. The number of aromatic carboxylic acids is 1. The molecule has 2 aromatic rings. The summed E-state index contributed by atoms with van der Waals surface area (Å²) >= 11 is 5.80. The predicted molar refractivity (Wildman–Crippen MR) is 78.7 cm³/mol. The lowest BCUT2D eigenvalue weighted by atomic mass is 10.1. The monoisotopic (exact) mass is 289 g/mol. The zero-order chi connectivity index (χ0) is 14.5. The summed E-state index contributed by atoms with van der Waals surface area (Å²) in [7, 11) is 1.47. The molecule has 0 fully saturated rings. The minimum Gasteiger partial charge on any atom is -0.494 e. The highest BCUT2D eigenvalue weighted by atomic mass is 35.5. The minimum absolute atomic E-state index is 0.0922. The molecule has 0 aliphatic rings. The van der Waals surface area contributed by atoms with Crippen molar-refractivity contribution in [2.75, 3.05) is 7.11 Å². The van der Waals surface area contributed by atoms with E-state index in [2.05, 4.69) is 4.99 Å². The number of para-hydroxylation sites is 1. The van der Waals surface area contributed by atoms with Crippen LogP contribution >= 0.6 is 11.6 Å². The van der Waals surface area contributed by atoms with Gasteiger partial charge in [-0.05, 0) is 29.8 Å². The molecule has 0 amide bonds. The number of benzene rings is 2. The maximum absolute atomic E-state index is 11.2. The Morgan fingerprint density at radius 1 is 1.25 bits per heavy atom. The molecule has 0 atom stereocenters. The Morgan fingerprint density at radius 2 is 1.95 bits per heavy atom. The summed E-state index contributed by atoms with van der Waals surface area (Å²) < 4.78 is 5.15. The highest BCUT2D eigenvalue weighted by Gasteiger charge is 2.13. The number of halogens is 1. The van der Waals surface area contributed by atoms with Crippen LogP contribution in [0, 0.1) is 0 Å². The van der Waals surface area contributed by atoms with Crippen LogP contribution in [0.25, 0.3) is 0 Å². The second kappa shape index (κ2) is 6.21. The van der Waals surface area contributed by atoms with Crippen LogP contribution in [0.2, 0.25) is 5.02 Å². The van der Waals surface area contributed by atoms with E-state index >= 15 is 0 Å². The van der Waals surface area contributed by atoms with E-state index in [1.807, 2.05) is 0 Å². The molecule has 2 rings (SSSR count). The topological polar surface area (TPSA) is 58.9 Å². The van der Waals surface area contributed by atoms with Gasteiger partial charge in [0.25, 0.3) is 0 Å². The molecule has 0 aromatic heterocycles. The van der Waals surface area contributed by atoms with Gasteiger partial charge in [0.05, 0.1) is 12.7 Å². The summed E-state index contributed by atoms with van der Waals surface area (Å²) in [5, 5.41) is 9.80. The van der Waals surface area contributed by atoms with E-state index in [1.165, 1.54) is 13.2 Å². The Hall–Kier alpha value is -2.33. The van der Waals surface area contributed by atoms with Gasteiger partial charge in [-0.3, -0.25) is 4.99 Å². The Labute approximate surface area is 121 Å². The number of carboxylic acid groups (broad SMARTS) is 1. The maximum atomic E-state index is 11.2. The van der Waals surface area contributed by atoms with Gasteiger partial charge in [0.2, 0.25) is 0 Å². The third-order valence-electron chi connectivity index (χ3n) is 2.66. The molecule has 2 aromatic carbocycles. The zero-order valence-electron chi connectivity index (χ0n) is 10.7. The van der Waals surface area contributed by atoms with Crippen LogP contribution in [0.15, 0.2) is 47.5 Å². The fourth-order valence-corrected chi connectivity index (χ4v) is 1.81. The second-order valence-corrected chi connectivity index (χ2v) is 4.41. The molecular formula is C15H12ClNO3. The van der Waals surface area contributed by atoms with E-state index in [4.69, 9.17) is 16.3 Å². The van der Waals surface area contributed by atoms with Gasteiger partial charge in [-0.1, -0.05) is 29.8 Å². The number of nitrogens with zero attached hydrogens (tertiary/aromatic N) is 1. The zero-order valence-corrected chi connectivity index (χ0v) is 11.5. The number of hydrogen-bond donors (Lipinski definition) is 1. The molecule has 102 valence electrons. The average molecular weight is 290 g/mol. The first-order valence-electron chi connectivity index (χ1n) is 5.81. The van der Waals surface area contributed by atoms with E-state index < -0.39 is 5.97 Å². The molecule has 0 aliphatic carbocycles. The third-order valence-corrected chi connectivity index (χ3v) is 2.91. The van der Waals surface area contributed by atoms with Crippen molar-refractivity contribution in [2.45, 2.75) is 0 Å². The van der Waals surface area contributed by atoms with Crippen molar-refractivity contribution in [2.24, 2.45) is 4.99 Å². The summed E-state index contributed by atoms with van der Waals surface area (Å²) in [6, 6.07) is 11.8. The third kappa shape index (κ3) is 3.16. The van der Waals surface area contributed by atoms with Crippen LogP contribution < -0.4 is 4.74 Å². The molecule has 0 saturated carbocycles. The van der Waals surface area contributed by atoms with E-state index in [9.17, 15) is 9.90 Å². The van der Waals surface area contributed by atoms with Crippen LogP contribution in [0.4, 0.5) is 5.69 Å². The standard InChI is InChI=1S/C15H12ClNO3/c1-20-13-4-2-3-12(15(18)19)14(13)17-9-10-5-7-11(16)8-6-10/h2-9H,1H3,(H,18,19). The molecule has 4 nitrogen and oxygen atoms in total. The first-order valence-corrected chi connectivity index (χ1v) is 6.19. The van der Waals surface area contributed by atoms with E-state index in [-0.39, 0.29) is 11.3 Å². The number of hydrogen-bond acceptors (Lipinski definition) is 3. The number of ether oxygens (including phenoxy) is 1. The molecular weight excluding hydrogens is 278 g/mol. The fraction of sp³-hybridized carbons (Fsp3) is 0.0667. The smallest absolute Gasteiger partial charge is 0.338 e. The Kier molecular flexibility index (Phi) is 4.38. The highest BCUT2D eigenvalue weighted by molar-refractivity contribution is 6.30. The highest BCUT2D eigenvalue weighted by Crippen LogP contribution is 2.31. The number of methoxy groups -OCH3 is 1. The van der Waals surface area contributed by atoms with Gasteiger partial charge in [-0.2, -0.15) is 0 Å². The molecule has 1 N–H and O–H groups in total. The molecule has 0 saturated heterocycles. The van der Waals surface area contributed by atoms with Crippen LogP contribution in [-0.2, 0) is 0 Å². The van der Waals surface area contributed by atoms with Crippen molar-refractivity contribution < 1.29 is 14.6 Å². The quantitative estimate of drug-likeness (QED) is 0.871. The number of carbonyl (C=O) groups is 1. The van der Waals surface area contributed by atoms with Crippen molar-refractivity contribution in [3.8, 4) is 5.75 Å². The molecule has 0 aliphatic heterocycles. The Morgan fingerprint density at radius 3 is 2.55 bits per heavy atom. The number of carboxylic acids is 1.